The van der Waals surface area contributed by atoms with Gasteiger partial charge in [0.25, 0.3) is 0 Å². The van der Waals surface area contributed by atoms with Crippen molar-refractivity contribution < 1.29 is 31.5 Å². The lowest BCUT2D eigenvalue weighted by molar-refractivity contribution is -0.137. The highest BCUT2D eigenvalue weighted by Crippen LogP contribution is 2.29. The van der Waals surface area contributed by atoms with Crippen molar-refractivity contribution in [3.8, 4) is 0 Å². The Morgan fingerprint density at radius 1 is 0.963 bits per heavy atom. The van der Waals surface area contributed by atoms with Gasteiger partial charge in [0, 0.05) is 12.5 Å². The number of hydrogen-bond donors (Lipinski definition) is 2. The first-order valence-electron chi connectivity index (χ1n) is 7.74. The minimum atomic E-state index is -4.49. The standard InChI is InChI=1S/C18H15F5N2O2/c19-13-5-11(6-14(20)9-13)8-16(26)25-15(17(24)27)7-10-1-3-12(4-2-10)18(21,22)23/h1-6,9,15H,7-8H2,(H2,24,27)(H,25,26)/t15-/m1/s1. The van der Waals surface area contributed by atoms with Crippen molar-refractivity contribution in [3.05, 3.63) is 70.8 Å². The predicted octanol–water partition coefficient (Wildman–Crippen LogP) is 2.74. The van der Waals surface area contributed by atoms with E-state index < -0.39 is 47.7 Å². The summed E-state index contributed by atoms with van der Waals surface area (Å²) >= 11 is 0. The Bertz CT molecular complexity index is 814. The molecule has 9 heteroatoms. The Morgan fingerprint density at radius 3 is 2.00 bits per heavy atom. The SMILES string of the molecule is NC(=O)[C@@H](Cc1ccc(C(F)(F)F)cc1)NC(=O)Cc1cc(F)cc(F)c1. The molecule has 0 radical (unpaired) electrons. The van der Waals surface area contributed by atoms with E-state index in [9.17, 15) is 31.5 Å². The van der Waals surface area contributed by atoms with Crippen LogP contribution in [0.4, 0.5) is 22.0 Å². The van der Waals surface area contributed by atoms with E-state index in [2.05, 4.69) is 5.32 Å². The fourth-order valence-electron chi connectivity index (χ4n) is 2.43. The van der Waals surface area contributed by atoms with Crippen LogP contribution >= 0.6 is 0 Å². The van der Waals surface area contributed by atoms with Crippen molar-refractivity contribution in [2.24, 2.45) is 5.73 Å². The summed E-state index contributed by atoms with van der Waals surface area (Å²) in [5, 5.41) is 2.32. The molecule has 0 heterocycles. The van der Waals surface area contributed by atoms with Crippen LogP contribution in [0.15, 0.2) is 42.5 Å². The Labute approximate surface area is 151 Å². The van der Waals surface area contributed by atoms with Crippen molar-refractivity contribution in [3.63, 3.8) is 0 Å². The van der Waals surface area contributed by atoms with Gasteiger partial charge >= 0.3 is 6.18 Å². The van der Waals surface area contributed by atoms with Gasteiger partial charge in [-0.15, -0.1) is 0 Å². The second-order valence-corrected chi connectivity index (χ2v) is 5.88. The van der Waals surface area contributed by atoms with E-state index in [1.807, 2.05) is 0 Å². The number of hydrogen-bond acceptors (Lipinski definition) is 2. The van der Waals surface area contributed by atoms with E-state index in [0.29, 0.717) is 11.6 Å². The largest absolute Gasteiger partial charge is 0.416 e. The van der Waals surface area contributed by atoms with Gasteiger partial charge in [-0.1, -0.05) is 12.1 Å². The van der Waals surface area contributed by atoms with Crippen LogP contribution < -0.4 is 11.1 Å². The number of amides is 2. The average molecular weight is 386 g/mol. The van der Waals surface area contributed by atoms with Crippen LogP contribution in [0, 0.1) is 11.6 Å². The van der Waals surface area contributed by atoms with Crippen LogP contribution in [-0.2, 0) is 28.6 Å². The number of carbonyl (C=O) groups is 2. The van der Waals surface area contributed by atoms with Crippen molar-refractivity contribution in [2.45, 2.75) is 25.1 Å². The van der Waals surface area contributed by atoms with E-state index in [4.69, 9.17) is 5.73 Å². The van der Waals surface area contributed by atoms with E-state index >= 15 is 0 Å². The number of nitrogens with one attached hydrogen (secondary N) is 1. The third-order valence-electron chi connectivity index (χ3n) is 3.69. The lowest BCUT2D eigenvalue weighted by Crippen LogP contribution is -2.46. The zero-order valence-electron chi connectivity index (χ0n) is 13.8. The second-order valence-electron chi connectivity index (χ2n) is 5.88. The van der Waals surface area contributed by atoms with Gasteiger partial charge < -0.3 is 11.1 Å². The zero-order chi connectivity index (χ0) is 20.2. The van der Waals surface area contributed by atoms with Crippen molar-refractivity contribution in [2.75, 3.05) is 0 Å². The fraction of sp³-hybridized carbons (Fsp3) is 0.222. The number of nitrogens with two attached hydrogens (primary N) is 1. The normalized spacial score (nSPS) is 12.5. The molecular formula is C18H15F5N2O2. The quantitative estimate of drug-likeness (QED) is 0.750. The first-order valence-corrected chi connectivity index (χ1v) is 7.74. The molecule has 0 spiro atoms. The summed E-state index contributed by atoms with van der Waals surface area (Å²) in [7, 11) is 0. The van der Waals surface area contributed by atoms with Gasteiger partial charge in [-0.3, -0.25) is 9.59 Å². The summed E-state index contributed by atoms with van der Waals surface area (Å²) in [6.07, 6.45) is -5.02. The van der Waals surface area contributed by atoms with Crippen LogP contribution in [0.2, 0.25) is 0 Å². The van der Waals surface area contributed by atoms with Gasteiger partial charge in [-0.2, -0.15) is 13.2 Å². The van der Waals surface area contributed by atoms with Crippen LogP contribution in [0.1, 0.15) is 16.7 Å². The molecule has 2 aromatic rings. The molecule has 4 nitrogen and oxygen atoms in total. The van der Waals surface area contributed by atoms with Crippen molar-refractivity contribution in [1.29, 1.82) is 0 Å². The monoisotopic (exact) mass is 386 g/mol. The molecule has 0 unspecified atom stereocenters. The van der Waals surface area contributed by atoms with Crippen LogP contribution in [0.5, 0.6) is 0 Å². The third-order valence-corrected chi connectivity index (χ3v) is 3.69. The average Bonchev–Trinajstić information content (AvgIpc) is 2.52. The second kappa shape index (κ2) is 8.15. The number of carbonyl (C=O) groups excluding carboxylic acids is 2. The molecule has 2 rings (SSSR count). The van der Waals surface area contributed by atoms with Gasteiger partial charge in [-0.05, 0) is 35.4 Å². The van der Waals surface area contributed by atoms with Gasteiger partial charge in [0.1, 0.15) is 17.7 Å². The first-order chi connectivity index (χ1) is 12.5. The number of halogens is 5. The molecule has 0 aliphatic carbocycles. The molecule has 0 fully saturated rings. The van der Waals surface area contributed by atoms with Crippen molar-refractivity contribution >= 4 is 11.8 Å². The molecule has 144 valence electrons. The minimum absolute atomic E-state index is 0.0581. The molecular weight excluding hydrogens is 371 g/mol. The van der Waals surface area contributed by atoms with Crippen molar-refractivity contribution in [1.82, 2.24) is 5.32 Å². The van der Waals surface area contributed by atoms with Crippen LogP contribution in [-0.4, -0.2) is 17.9 Å². The highest BCUT2D eigenvalue weighted by molar-refractivity contribution is 5.87. The molecule has 3 N–H and O–H groups in total. The summed E-state index contributed by atoms with van der Waals surface area (Å²) in [6, 6.07) is 5.45. The smallest absolute Gasteiger partial charge is 0.368 e. The molecule has 0 saturated carbocycles. The van der Waals surface area contributed by atoms with E-state index in [-0.39, 0.29) is 12.0 Å². The minimum Gasteiger partial charge on any atom is -0.368 e. The van der Waals surface area contributed by atoms with Gasteiger partial charge in [0.15, 0.2) is 0 Å². The maximum absolute atomic E-state index is 13.1. The highest BCUT2D eigenvalue weighted by Gasteiger charge is 2.30. The number of benzene rings is 2. The number of rotatable bonds is 6. The molecule has 0 aliphatic rings. The Balaban J connectivity index is 2.04. The summed E-state index contributed by atoms with van der Waals surface area (Å²) in [6.45, 7) is 0. The maximum atomic E-state index is 13.1. The highest BCUT2D eigenvalue weighted by atomic mass is 19.4. The number of alkyl halides is 3. The van der Waals surface area contributed by atoms with E-state index in [1.54, 1.807) is 0 Å². The number of primary amides is 1. The maximum Gasteiger partial charge on any atom is 0.416 e. The molecule has 2 amide bonds. The lowest BCUT2D eigenvalue weighted by Gasteiger charge is -2.16. The zero-order valence-corrected chi connectivity index (χ0v) is 13.8. The van der Waals surface area contributed by atoms with Crippen LogP contribution in [0.25, 0.3) is 0 Å². The third kappa shape index (κ3) is 6.05. The first kappa shape index (κ1) is 20.3. The Kier molecular flexibility index (Phi) is 6.14. The lowest BCUT2D eigenvalue weighted by atomic mass is 10.0. The van der Waals surface area contributed by atoms with Gasteiger partial charge in [0.2, 0.25) is 11.8 Å². The molecule has 27 heavy (non-hydrogen) atoms. The van der Waals surface area contributed by atoms with E-state index in [1.165, 1.54) is 12.1 Å². The topological polar surface area (TPSA) is 72.2 Å². The van der Waals surface area contributed by atoms with Gasteiger partial charge in [-0.25, -0.2) is 8.78 Å². The molecule has 0 bridgehead atoms. The Hall–Kier alpha value is -2.97. The van der Waals surface area contributed by atoms with Crippen LogP contribution in [0.3, 0.4) is 0 Å². The summed E-state index contributed by atoms with van der Waals surface area (Å²) < 4.78 is 64.0. The Morgan fingerprint density at radius 2 is 1.52 bits per heavy atom. The predicted molar refractivity (Wildman–Crippen MR) is 86.3 cm³/mol. The summed E-state index contributed by atoms with van der Waals surface area (Å²) in [5.41, 5.74) is 4.78. The van der Waals surface area contributed by atoms with Gasteiger partial charge in [0.05, 0.1) is 12.0 Å². The summed E-state index contributed by atoms with van der Waals surface area (Å²) in [5.74, 6) is -3.31. The van der Waals surface area contributed by atoms with E-state index in [0.717, 1.165) is 24.3 Å². The molecule has 0 aromatic heterocycles. The molecule has 0 aliphatic heterocycles. The molecule has 2 aromatic carbocycles. The fourth-order valence-corrected chi connectivity index (χ4v) is 2.43. The summed E-state index contributed by atoms with van der Waals surface area (Å²) in [4.78, 5) is 23.5. The molecule has 0 saturated heterocycles. The molecule has 1 atom stereocenters.